The van der Waals surface area contributed by atoms with Gasteiger partial charge >= 0.3 is 0 Å². The third-order valence-electron chi connectivity index (χ3n) is 2.53. The highest BCUT2D eigenvalue weighted by Gasteiger charge is 2.09. The molecule has 0 bridgehead atoms. The van der Waals surface area contributed by atoms with Gasteiger partial charge in [-0.15, -0.1) is 37.2 Å². The van der Waals surface area contributed by atoms with Crippen LogP contribution in [0, 0.1) is 0 Å². The van der Waals surface area contributed by atoms with E-state index in [0.717, 1.165) is 37.7 Å². The smallest absolute Gasteiger partial charge is 0.0406 e. The minimum Gasteiger partial charge on any atom is -0.314 e. The molecule has 17 heavy (non-hydrogen) atoms. The minimum absolute atomic E-state index is 0. The highest BCUT2D eigenvalue weighted by molar-refractivity contribution is 6.30. The maximum atomic E-state index is 5.83. The van der Waals surface area contributed by atoms with Gasteiger partial charge in [0.25, 0.3) is 0 Å². The lowest BCUT2D eigenvalue weighted by Gasteiger charge is -2.27. The van der Waals surface area contributed by atoms with Crippen LogP contribution in [0.1, 0.15) is 5.56 Å². The zero-order chi connectivity index (χ0) is 9.80. The van der Waals surface area contributed by atoms with Crippen molar-refractivity contribution in [1.82, 2.24) is 10.2 Å². The Labute approximate surface area is 126 Å². The summed E-state index contributed by atoms with van der Waals surface area (Å²) < 4.78 is 0. The second-order valence-corrected chi connectivity index (χ2v) is 4.09. The van der Waals surface area contributed by atoms with E-state index in [1.165, 1.54) is 5.56 Å². The first-order chi connectivity index (χ1) is 6.84. The average molecular weight is 320 g/mol. The van der Waals surface area contributed by atoms with E-state index in [0.29, 0.717) is 0 Å². The molecule has 0 atom stereocenters. The lowest BCUT2D eigenvalue weighted by molar-refractivity contribution is 0.233. The molecule has 6 heteroatoms. The summed E-state index contributed by atoms with van der Waals surface area (Å²) in [5.74, 6) is 0. The molecule has 1 aliphatic heterocycles. The van der Waals surface area contributed by atoms with Gasteiger partial charge in [-0.1, -0.05) is 23.7 Å². The topological polar surface area (TPSA) is 15.3 Å². The molecular formula is C11H18Cl4N2. The number of halogens is 4. The van der Waals surface area contributed by atoms with Crippen LogP contribution in [0.2, 0.25) is 5.02 Å². The monoisotopic (exact) mass is 318 g/mol. The summed E-state index contributed by atoms with van der Waals surface area (Å²) in [6, 6.07) is 8.12. The Bertz CT molecular complexity index is 286. The van der Waals surface area contributed by atoms with Crippen molar-refractivity contribution in [3.8, 4) is 0 Å². The van der Waals surface area contributed by atoms with Crippen molar-refractivity contribution >= 4 is 48.8 Å². The summed E-state index contributed by atoms with van der Waals surface area (Å²) in [6.07, 6.45) is 0. The molecule has 1 heterocycles. The lowest BCUT2D eigenvalue weighted by Crippen LogP contribution is -2.42. The minimum atomic E-state index is 0. The van der Waals surface area contributed by atoms with Crippen LogP contribution in [0.15, 0.2) is 24.3 Å². The molecule has 0 aromatic heterocycles. The van der Waals surface area contributed by atoms with Gasteiger partial charge in [0.1, 0.15) is 0 Å². The largest absolute Gasteiger partial charge is 0.314 e. The van der Waals surface area contributed by atoms with Crippen molar-refractivity contribution in [2.45, 2.75) is 6.54 Å². The highest BCUT2D eigenvalue weighted by Crippen LogP contribution is 2.11. The molecule has 2 nitrogen and oxygen atoms in total. The van der Waals surface area contributed by atoms with E-state index in [1.54, 1.807) is 0 Å². The zero-order valence-electron chi connectivity index (χ0n) is 9.39. The molecule has 0 aliphatic carbocycles. The second-order valence-electron chi connectivity index (χ2n) is 3.65. The van der Waals surface area contributed by atoms with Crippen LogP contribution in [-0.2, 0) is 6.54 Å². The second kappa shape index (κ2) is 10.2. The van der Waals surface area contributed by atoms with Crippen LogP contribution >= 0.6 is 48.8 Å². The summed E-state index contributed by atoms with van der Waals surface area (Å²) in [5.41, 5.74) is 1.34. The standard InChI is InChI=1S/C11H15ClN2.3ClH/c12-11-3-1-10(2-4-11)9-14-7-5-13-6-8-14;;;/h1-4,13H,5-9H2;3*1H. The highest BCUT2D eigenvalue weighted by atomic mass is 35.5. The van der Waals surface area contributed by atoms with Crippen molar-refractivity contribution in [2.75, 3.05) is 26.2 Å². The fourth-order valence-corrected chi connectivity index (χ4v) is 1.84. The van der Waals surface area contributed by atoms with Gasteiger partial charge in [0.15, 0.2) is 0 Å². The van der Waals surface area contributed by atoms with Crippen LogP contribution in [-0.4, -0.2) is 31.1 Å². The normalized spacial score (nSPS) is 15.1. The van der Waals surface area contributed by atoms with Crippen molar-refractivity contribution in [2.24, 2.45) is 0 Å². The molecule has 0 spiro atoms. The Hall–Kier alpha value is 0.300. The number of benzene rings is 1. The summed E-state index contributed by atoms with van der Waals surface area (Å²) in [6.45, 7) is 5.53. The number of hydrogen-bond donors (Lipinski definition) is 1. The summed E-state index contributed by atoms with van der Waals surface area (Å²) in [5, 5.41) is 4.16. The third kappa shape index (κ3) is 6.70. The first kappa shape index (κ1) is 19.6. The van der Waals surface area contributed by atoms with Crippen LogP contribution in [0.4, 0.5) is 0 Å². The van der Waals surface area contributed by atoms with E-state index in [4.69, 9.17) is 11.6 Å². The fraction of sp³-hybridized carbons (Fsp3) is 0.455. The third-order valence-corrected chi connectivity index (χ3v) is 2.78. The Morgan fingerprint density at radius 1 is 1.00 bits per heavy atom. The van der Waals surface area contributed by atoms with E-state index >= 15 is 0 Å². The molecule has 2 rings (SSSR count). The number of rotatable bonds is 2. The first-order valence-electron chi connectivity index (χ1n) is 5.02. The van der Waals surface area contributed by atoms with Crippen LogP contribution in [0.5, 0.6) is 0 Å². The van der Waals surface area contributed by atoms with E-state index < -0.39 is 0 Å². The fourth-order valence-electron chi connectivity index (χ4n) is 1.72. The van der Waals surface area contributed by atoms with Crippen molar-refractivity contribution in [1.29, 1.82) is 0 Å². The molecule has 0 saturated carbocycles. The van der Waals surface area contributed by atoms with Crippen molar-refractivity contribution in [3.05, 3.63) is 34.9 Å². The van der Waals surface area contributed by atoms with E-state index in [-0.39, 0.29) is 37.2 Å². The Kier molecular flexibility index (Phi) is 11.8. The Morgan fingerprint density at radius 2 is 1.53 bits per heavy atom. The molecule has 0 amide bonds. The van der Waals surface area contributed by atoms with E-state index in [2.05, 4.69) is 22.3 Å². The van der Waals surface area contributed by atoms with E-state index in [9.17, 15) is 0 Å². The number of hydrogen-bond acceptors (Lipinski definition) is 2. The van der Waals surface area contributed by atoms with Gasteiger partial charge in [-0.2, -0.15) is 0 Å². The maximum absolute atomic E-state index is 5.83. The van der Waals surface area contributed by atoms with Crippen molar-refractivity contribution < 1.29 is 0 Å². The SMILES string of the molecule is Cl.Cl.Cl.Clc1ccc(CN2CCNCC2)cc1. The van der Waals surface area contributed by atoms with Gasteiger partial charge in [-0.05, 0) is 17.7 Å². The molecular weight excluding hydrogens is 302 g/mol. The summed E-state index contributed by atoms with van der Waals surface area (Å²) in [7, 11) is 0. The summed E-state index contributed by atoms with van der Waals surface area (Å²) in [4.78, 5) is 2.46. The average Bonchev–Trinajstić information content (AvgIpc) is 2.23. The van der Waals surface area contributed by atoms with Gasteiger partial charge < -0.3 is 5.32 Å². The molecule has 1 aromatic carbocycles. The van der Waals surface area contributed by atoms with Crippen LogP contribution in [0.3, 0.4) is 0 Å². The predicted octanol–water partition coefficient (Wildman–Crippen LogP) is 3.01. The number of nitrogens with one attached hydrogen (secondary N) is 1. The van der Waals surface area contributed by atoms with Gasteiger partial charge in [0.05, 0.1) is 0 Å². The van der Waals surface area contributed by atoms with Gasteiger partial charge in [-0.25, -0.2) is 0 Å². The number of piperazine rings is 1. The predicted molar refractivity (Wildman–Crippen MR) is 81.3 cm³/mol. The van der Waals surface area contributed by atoms with E-state index in [1.807, 2.05) is 12.1 Å². The molecule has 1 N–H and O–H groups in total. The number of nitrogens with zero attached hydrogens (tertiary/aromatic N) is 1. The van der Waals surface area contributed by atoms with Crippen LogP contribution in [0.25, 0.3) is 0 Å². The van der Waals surface area contributed by atoms with Crippen LogP contribution < -0.4 is 5.32 Å². The van der Waals surface area contributed by atoms with Gasteiger partial charge in [-0.3, -0.25) is 4.90 Å². The Balaban J connectivity index is 0. The Morgan fingerprint density at radius 3 is 2.06 bits per heavy atom. The van der Waals surface area contributed by atoms with Gasteiger partial charge in [0.2, 0.25) is 0 Å². The van der Waals surface area contributed by atoms with Gasteiger partial charge in [0, 0.05) is 37.7 Å². The lowest BCUT2D eigenvalue weighted by atomic mass is 10.2. The summed E-state index contributed by atoms with van der Waals surface area (Å²) >= 11 is 5.83. The molecule has 1 fully saturated rings. The van der Waals surface area contributed by atoms with Crippen molar-refractivity contribution in [3.63, 3.8) is 0 Å². The quantitative estimate of drug-likeness (QED) is 0.901. The zero-order valence-corrected chi connectivity index (χ0v) is 12.6. The molecule has 0 unspecified atom stereocenters. The molecule has 1 aromatic rings. The molecule has 1 aliphatic rings. The molecule has 0 radical (unpaired) electrons. The maximum Gasteiger partial charge on any atom is 0.0406 e. The first-order valence-corrected chi connectivity index (χ1v) is 5.40. The molecule has 1 saturated heterocycles. The molecule has 100 valence electrons.